The molecule has 0 aliphatic carbocycles. The summed E-state index contributed by atoms with van der Waals surface area (Å²) in [6, 6.07) is 15.9. The van der Waals surface area contributed by atoms with E-state index in [0.717, 1.165) is 58.1 Å². The molecule has 2 aromatic carbocycles. The predicted molar refractivity (Wildman–Crippen MR) is 158 cm³/mol. The number of nitrogens with one attached hydrogen (secondary N) is 2. The maximum atomic E-state index is 12.7. The fourth-order valence-corrected chi connectivity index (χ4v) is 5.12. The topological polar surface area (TPSA) is 118 Å². The Bertz CT molecular complexity index is 1850. The van der Waals surface area contributed by atoms with Gasteiger partial charge in [0.15, 0.2) is 11.4 Å². The average molecular weight is 544 g/mol. The molecule has 0 radical (unpaired) electrons. The normalized spacial score (nSPS) is 15.0. The summed E-state index contributed by atoms with van der Waals surface area (Å²) in [7, 11) is 1.85. The van der Waals surface area contributed by atoms with Crippen LogP contribution in [0.1, 0.15) is 29.5 Å². The van der Waals surface area contributed by atoms with E-state index in [4.69, 9.17) is 4.74 Å². The zero-order chi connectivity index (χ0) is 28.3. The van der Waals surface area contributed by atoms with Crippen molar-refractivity contribution in [3.05, 3.63) is 89.9 Å². The Labute approximate surface area is 237 Å². The molecule has 204 valence electrons. The summed E-state index contributed by atoms with van der Waals surface area (Å²) in [6.45, 7) is 2.96. The zero-order valence-corrected chi connectivity index (χ0v) is 22.9. The van der Waals surface area contributed by atoms with Crippen LogP contribution in [0.2, 0.25) is 0 Å². The van der Waals surface area contributed by atoms with Crippen LogP contribution in [0.25, 0.3) is 21.9 Å². The van der Waals surface area contributed by atoms with E-state index in [1.165, 1.54) is 0 Å². The number of anilines is 2. The van der Waals surface area contributed by atoms with E-state index < -0.39 is 0 Å². The third-order valence-electron chi connectivity index (χ3n) is 7.26. The number of fused-ring (bicyclic) bond motifs is 2. The summed E-state index contributed by atoms with van der Waals surface area (Å²) in [5.41, 5.74) is 5.17. The van der Waals surface area contributed by atoms with Crippen LogP contribution in [0.4, 0.5) is 11.4 Å². The summed E-state index contributed by atoms with van der Waals surface area (Å²) in [5, 5.41) is 22.6. The fraction of sp³-hybridized carbons (Fsp3) is 0.219. The van der Waals surface area contributed by atoms with Crippen molar-refractivity contribution in [3.8, 4) is 17.6 Å². The molecule has 1 saturated heterocycles. The van der Waals surface area contributed by atoms with Crippen LogP contribution >= 0.6 is 0 Å². The van der Waals surface area contributed by atoms with Gasteiger partial charge in [-0.05, 0) is 79.9 Å². The van der Waals surface area contributed by atoms with Crippen LogP contribution in [-0.4, -0.2) is 38.1 Å². The Kier molecular flexibility index (Phi) is 7.15. The summed E-state index contributed by atoms with van der Waals surface area (Å²) in [5.74, 6) is 1.36. The maximum Gasteiger partial charge on any atom is 0.159 e. The van der Waals surface area contributed by atoms with Crippen molar-refractivity contribution in [1.29, 1.82) is 5.26 Å². The molecule has 0 saturated carbocycles. The molecule has 3 aromatic heterocycles. The number of ether oxygens (including phenoxy) is 1. The highest BCUT2D eigenvalue weighted by Crippen LogP contribution is 2.33. The first kappa shape index (κ1) is 26.2. The maximum absolute atomic E-state index is 12.7. The van der Waals surface area contributed by atoms with Crippen molar-refractivity contribution in [3.63, 3.8) is 0 Å². The predicted octanol–water partition coefficient (Wildman–Crippen LogP) is 5.65. The van der Waals surface area contributed by atoms with Crippen molar-refractivity contribution in [2.45, 2.75) is 32.2 Å². The van der Waals surface area contributed by atoms with Gasteiger partial charge in [0.25, 0.3) is 0 Å². The highest BCUT2D eigenvalue weighted by molar-refractivity contribution is 5.97. The van der Waals surface area contributed by atoms with Gasteiger partial charge in [-0.25, -0.2) is 4.98 Å². The molecule has 0 unspecified atom stereocenters. The number of aryl methyl sites for hydroxylation is 2. The Morgan fingerprint density at radius 2 is 2.10 bits per heavy atom. The van der Waals surface area contributed by atoms with E-state index >= 15 is 0 Å². The minimum atomic E-state index is 0.0426. The van der Waals surface area contributed by atoms with E-state index in [1.54, 1.807) is 29.3 Å². The monoisotopic (exact) mass is 543 g/mol. The second-order valence-corrected chi connectivity index (χ2v) is 10.3. The summed E-state index contributed by atoms with van der Waals surface area (Å²) >= 11 is 0. The van der Waals surface area contributed by atoms with Crippen LogP contribution in [0, 0.1) is 18.3 Å². The number of hydrogen-bond acceptors (Lipinski definition) is 8. The molecule has 4 heterocycles. The average Bonchev–Trinajstić information content (AvgIpc) is 3.63. The third kappa shape index (κ3) is 5.64. The van der Waals surface area contributed by atoms with E-state index in [0.29, 0.717) is 22.7 Å². The van der Waals surface area contributed by atoms with Gasteiger partial charge in [-0.2, -0.15) is 10.4 Å². The largest absolute Gasteiger partial charge is 0.455 e. The van der Waals surface area contributed by atoms with Crippen LogP contribution in [-0.2, 0) is 18.3 Å². The van der Waals surface area contributed by atoms with Gasteiger partial charge in [0.1, 0.15) is 17.6 Å². The highest BCUT2D eigenvalue weighted by atomic mass is 16.5. The van der Waals surface area contributed by atoms with Crippen molar-refractivity contribution in [2.24, 2.45) is 7.05 Å². The Hall–Kier alpha value is -5.07. The molecule has 6 rings (SSSR count). The molecule has 0 bridgehead atoms. The highest BCUT2D eigenvalue weighted by Gasteiger charge is 2.14. The molecule has 9 heteroatoms. The lowest BCUT2D eigenvalue weighted by molar-refractivity contribution is -0.114. The first-order chi connectivity index (χ1) is 20.0. The number of carbonyl (C=O) groups excluding carboxylic acids is 1. The third-order valence-corrected chi connectivity index (χ3v) is 7.26. The minimum Gasteiger partial charge on any atom is -0.455 e. The van der Waals surface area contributed by atoms with Crippen molar-refractivity contribution >= 4 is 39.1 Å². The molecular weight excluding hydrogens is 514 g/mol. The molecule has 1 aliphatic heterocycles. The van der Waals surface area contributed by atoms with Crippen LogP contribution in [0.3, 0.4) is 0 Å². The van der Waals surface area contributed by atoms with Crippen molar-refractivity contribution in [1.82, 2.24) is 25.1 Å². The number of carbonyl (C=O) groups is 1. The number of hydrogen-bond donors (Lipinski definition) is 2. The number of nitriles is 1. The summed E-state index contributed by atoms with van der Waals surface area (Å²) in [4.78, 5) is 21.6. The first-order valence-corrected chi connectivity index (χ1v) is 13.6. The van der Waals surface area contributed by atoms with Crippen LogP contribution in [0.5, 0.6) is 11.5 Å². The summed E-state index contributed by atoms with van der Waals surface area (Å²) < 4.78 is 7.84. The molecule has 0 amide bonds. The Morgan fingerprint density at radius 1 is 1.20 bits per heavy atom. The van der Waals surface area contributed by atoms with Crippen LogP contribution < -0.4 is 15.4 Å². The van der Waals surface area contributed by atoms with Crippen LogP contribution in [0.15, 0.2) is 73.2 Å². The quantitative estimate of drug-likeness (QED) is 0.241. The molecule has 1 aliphatic rings. The Balaban J connectivity index is 1.24. The number of rotatable bonds is 8. The second-order valence-electron chi connectivity index (χ2n) is 10.3. The standard InChI is InChI=1S/C32H29N7O2/c1-20-12-25(7-10-30(20)41-27-15-22-18-37-39(2)32(22)36-19-27)38-31-23(16-33)17-35-29-9-5-21(14-28(29)31)13-26(40)8-6-24-4-3-11-34-24/h5-10,12,14-15,17-19,24,34H,3-4,11,13H2,1-2H3,(H,35,38)/b8-6+/t24-/m1/s1. The van der Waals surface area contributed by atoms with Gasteiger partial charge in [-0.15, -0.1) is 0 Å². The zero-order valence-electron chi connectivity index (χ0n) is 22.9. The lowest BCUT2D eigenvalue weighted by Gasteiger charge is -2.15. The lowest BCUT2D eigenvalue weighted by Crippen LogP contribution is -2.18. The SMILES string of the molecule is Cc1cc(Nc2c(C#N)cnc3ccc(CC(=O)/C=C/[C@H]4CCCN4)cc23)ccc1Oc1cnc2c(cnn2C)c1. The van der Waals surface area contributed by atoms with E-state index in [1.807, 2.05) is 62.5 Å². The molecule has 41 heavy (non-hydrogen) atoms. The van der Waals surface area contributed by atoms with Gasteiger partial charge in [-0.3, -0.25) is 14.5 Å². The van der Waals surface area contributed by atoms with E-state index in [-0.39, 0.29) is 18.2 Å². The van der Waals surface area contributed by atoms with Gasteiger partial charge in [-0.1, -0.05) is 12.1 Å². The fourth-order valence-electron chi connectivity index (χ4n) is 5.12. The summed E-state index contributed by atoms with van der Waals surface area (Å²) in [6.07, 6.45) is 11.1. The van der Waals surface area contributed by atoms with Gasteiger partial charge >= 0.3 is 0 Å². The number of ketones is 1. The first-order valence-electron chi connectivity index (χ1n) is 13.6. The number of nitrogens with zero attached hydrogens (tertiary/aromatic N) is 5. The molecular formula is C32H29N7O2. The van der Waals surface area contributed by atoms with Crippen molar-refractivity contribution in [2.75, 3.05) is 11.9 Å². The number of allylic oxidation sites excluding steroid dienone is 1. The number of benzene rings is 2. The van der Waals surface area contributed by atoms with Gasteiger partial charge < -0.3 is 15.4 Å². The molecule has 9 nitrogen and oxygen atoms in total. The number of pyridine rings is 2. The van der Waals surface area contributed by atoms with Gasteiger partial charge in [0, 0.05) is 42.2 Å². The molecule has 2 N–H and O–H groups in total. The second kappa shape index (κ2) is 11.2. The number of aromatic nitrogens is 4. The minimum absolute atomic E-state index is 0.0426. The molecule has 0 spiro atoms. The Morgan fingerprint density at radius 3 is 2.90 bits per heavy atom. The molecule has 1 fully saturated rings. The smallest absolute Gasteiger partial charge is 0.159 e. The lowest BCUT2D eigenvalue weighted by atomic mass is 10.0. The van der Waals surface area contributed by atoms with E-state index in [2.05, 4.69) is 31.8 Å². The van der Waals surface area contributed by atoms with Gasteiger partial charge in [0.2, 0.25) is 0 Å². The van der Waals surface area contributed by atoms with E-state index in [9.17, 15) is 10.1 Å². The molecule has 5 aromatic rings. The van der Waals surface area contributed by atoms with Gasteiger partial charge in [0.05, 0.1) is 29.2 Å². The molecule has 1 atom stereocenters. The van der Waals surface area contributed by atoms with Crippen molar-refractivity contribution < 1.29 is 9.53 Å².